The first kappa shape index (κ1) is 14.1. The monoisotopic (exact) mass is 302 g/mol. The molecular formula is C16H18N2O2S. The summed E-state index contributed by atoms with van der Waals surface area (Å²) in [6.07, 6.45) is 0.945. The van der Waals surface area contributed by atoms with Gasteiger partial charge in [0.25, 0.3) is 10.0 Å². The highest BCUT2D eigenvalue weighted by molar-refractivity contribution is 7.92. The lowest BCUT2D eigenvalue weighted by Crippen LogP contribution is -2.24. The number of rotatable bonds is 3. The molecule has 0 spiro atoms. The average molecular weight is 302 g/mol. The van der Waals surface area contributed by atoms with Crippen molar-refractivity contribution in [3.05, 3.63) is 59.2 Å². The van der Waals surface area contributed by atoms with Crippen LogP contribution in [-0.4, -0.2) is 15.0 Å². The van der Waals surface area contributed by atoms with Gasteiger partial charge >= 0.3 is 0 Å². The van der Waals surface area contributed by atoms with Crippen LogP contribution in [0.5, 0.6) is 0 Å². The third-order valence-corrected chi connectivity index (χ3v) is 5.13. The van der Waals surface area contributed by atoms with E-state index in [9.17, 15) is 8.42 Å². The molecule has 0 amide bonds. The number of hydrogen-bond donors (Lipinski definition) is 2. The number of sulfonamides is 1. The molecule has 5 heteroatoms. The summed E-state index contributed by atoms with van der Waals surface area (Å²) >= 11 is 0. The van der Waals surface area contributed by atoms with E-state index in [1.54, 1.807) is 18.2 Å². The van der Waals surface area contributed by atoms with Crippen LogP contribution in [0.25, 0.3) is 0 Å². The number of benzene rings is 2. The predicted octanol–water partition coefficient (Wildman–Crippen LogP) is 2.44. The van der Waals surface area contributed by atoms with Gasteiger partial charge in [-0.3, -0.25) is 4.72 Å². The molecule has 1 aliphatic heterocycles. The van der Waals surface area contributed by atoms with Crippen molar-refractivity contribution in [2.45, 2.75) is 24.8 Å². The number of fused-ring (bicyclic) bond motifs is 1. The fourth-order valence-electron chi connectivity index (χ4n) is 2.52. The van der Waals surface area contributed by atoms with E-state index in [-0.39, 0.29) is 0 Å². The van der Waals surface area contributed by atoms with Crippen molar-refractivity contribution in [3.8, 4) is 0 Å². The van der Waals surface area contributed by atoms with Gasteiger partial charge in [-0.2, -0.15) is 0 Å². The fraction of sp³-hybridized carbons (Fsp3) is 0.250. The Balaban J connectivity index is 1.93. The maximum atomic E-state index is 12.5. The summed E-state index contributed by atoms with van der Waals surface area (Å²) in [4.78, 5) is 0.313. The lowest BCUT2D eigenvalue weighted by Gasteiger charge is -2.18. The van der Waals surface area contributed by atoms with Crippen molar-refractivity contribution in [2.24, 2.45) is 0 Å². The van der Waals surface area contributed by atoms with Crippen LogP contribution in [0.3, 0.4) is 0 Å². The van der Waals surface area contributed by atoms with Crippen LogP contribution in [0.2, 0.25) is 0 Å². The van der Waals surface area contributed by atoms with E-state index < -0.39 is 10.0 Å². The summed E-state index contributed by atoms with van der Waals surface area (Å²) in [5.41, 5.74) is 3.81. The van der Waals surface area contributed by atoms with Crippen LogP contribution in [0, 0.1) is 6.92 Å². The molecular weight excluding hydrogens is 284 g/mol. The molecule has 0 aliphatic carbocycles. The van der Waals surface area contributed by atoms with Gasteiger partial charge in [0.15, 0.2) is 0 Å². The van der Waals surface area contributed by atoms with Gasteiger partial charge in [-0.1, -0.05) is 24.3 Å². The van der Waals surface area contributed by atoms with Gasteiger partial charge in [-0.25, -0.2) is 8.42 Å². The normalized spacial score (nSPS) is 14.5. The van der Waals surface area contributed by atoms with Gasteiger partial charge < -0.3 is 5.32 Å². The third-order valence-electron chi connectivity index (χ3n) is 3.76. The summed E-state index contributed by atoms with van der Waals surface area (Å²) in [5.74, 6) is 0. The number of anilines is 1. The van der Waals surface area contributed by atoms with E-state index in [2.05, 4.69) is 10.0 Å². The van der Waals surface area contributed by atoms with Crippen LogP contribution in [0.15, 0.2) is 47.4 Å². The largest absolute Gasteiger partial charge is 0.312 e. The maximum absolute atomic E-state index is 12.5. The Morgan fingerprint density at radius 3 is 2.71 bits per heavy atom. The van der Waals surface area contributed by atoms with Crippen molar-refractivity contribution in [1.29, 1.82) is 0 Å². The lowest BCUT2D eigenvalue weighted by molar-refractivity contribution is 0.599. The molecule has 0 saturated heterocycles. The summed E-state index contributed by atoms with van der Waals surface area (Å²) in [6.45, 7) is 3.55. The molecule has 0 bridgehead atoms. The smallest absolute Gasteiger partial charge is 0.261 e. The summed E-state index contributed by atoms with van der Waals surface area (Å²) in [7, 11) is -3.55. The van der Waals surface area contributed by atoms with Gasteiger partial charge in [0.2, 0.25) is 0 Å². The van der Waals surface area contributed by atoms with Gasteiger partial charge in [-0.05, 0) is 54.8 Å². The molecule has 2 aromatic carbocycles. The predicted molar refractivity (Wildman–Crippen MR) is 83.8 cm³/mol. The lowest BCUT2D eigenvalue weighted by atomic mass is 10.0. The van der Waals surface area contributed by atoms with Gasteiger partial charge in [0.1, 0.15) is 0 Å². The second-order valence-corrected chi connectivity index (χ2v) is 6.96. The zero-order valence-electron chi connectivity index (χ0n) is 11.9. The molecule has 0 unspecified atom stereocenters. The number of nitrogens with one attached hydrogen (secondary N) is 2. The standard InChI is InChI=1S/C16H18N2O2S/c1-12-4-2-3-5-16(12)18-21(19,20)15-7-6-13-8-9-17-11-14(13)10-15/h2-7,10,17-18H,8-9,11H2,1H3. The summed E-state index contributed by atoms with van der Waals surface area (Å²) < 4.78 is 27.7. The Morgan fingerprint density at radius 1 is 1.10 bits per heavy atom. The van der Waals surface area contributed by atoms with Crippen molar-refractivity contribution < 1.29 is 8.42 Å². The highest BCUT2D eigenvalue weighted by atomic mass is 32.2. The molecule has 110 valence electrons. The quantitative estimate of drug-likeness (QED) is 0.915. The molecule has 0 saturated carbocycles. The minimum atomic E-state index is -3.55. The summed E-state index contributed by atoms with van der Waals surface area (Å²) in [6, 6.07) is 12.7. The Labute approximate surface area is 125 Å². The highest BCUT2D eigenvalue weighted by Crippen LogP contribution is 2.22. The van der Waals surface area contributed by atoms with Crippen molar-refractivity contribution in [2.75, 3.05) is 11.3 Å². The SMILES string of the molecule is Cc1ccccc1NS(=O)(=O)c1ccc2c(c1)CNCC2. The third kappa shape index (κ3) is 2.94. The van der Waals surface area contributed by atoms with Crippen molar-refractivity contribution in [1.82, 2.24) is 5.32 Å². The number of para-hydroxylation sites is 1. The Hall–Kier alpha value is -1.85. The fourth-order valence-corrected chi connectivity index (χ4v) is 3.70. The molecule has 0 radical (unpaired) electrons. The van der Waals surface area contributed by atoms with Gasteiger partial charge in [0, 0.05) is 6.54 Å². The minimum Gasteiger partial charge on any atom is -0.312 e. The molecule has 21 heavy (non-hydrogen) atoms. The van der Waals surface area contributed by atoms with Crippen molar-refractivity contribution >= 4 is 15.7 Å². The Bertz CT molecular complexity index is 770. The van der Waals surface area contributed by atoms with E-state index in [0.717, 1.165) is 30.6 Å². The Kier molecular flexibility index (Phi) is 3.69. The molecule has 0 aromatic heterocycles. The maximum Gasteiger partial charge on any atom is 0.261 e. The highest BCUT2D eigenvalue weighted by Gasteiger charge is 2.18. The first-order valence-electron chi connectivity index (χ1n) is 6.97. The molecule has 4 nitrogen and oxygen atoms in total. The zero-order valence-corrected chi connectivity index (χ0v) is 12.7. The minimum absolute atomic E-state index is 0.313. The van der Waals surface area contributed by atoms with Crippen LogP contribution < -0.4 is 10.0 Å². The first-order valence-corrected chi connectivity index (χ1v) is 8.45. The number of hydrogen-bond acceptors (Lipinski definition) is 3. The van der Waals surface area contributed by atoms with Gasteiger partial charge in [-0.15, -0.1) is 0 Å². The van der Waals surface area contributed by atoms with Crippen LogP contribution >= 0.6 is 0 Å². The van der Waals surface area contributed by atoms with Crippen LogP contribution in [0.4, 0.5) is 5.69 Å². The van der Waals surface area contributed by atoms with Crippen LogP contribution in [-0.2, 0) is 23.0 Å². The van der Waals surface area contributed by atoms with E-state index >= 15 is 0 Å². The van der Waals surface area contributed by atoms with Crippen LogP contribution in [0.1, 0.15) is 16.7 Å². The van der Waals surface area contributed by atoms with E-state index in [4.69, 9.17) is 0 Å². The molecule has 0 fully saturated rings. The topological polar surface area (TPSA) is 58.2 Å². The molecule has 1 heterocycles. The number of aryl methyl sites for hydroxylation is 1. The average Bonchev–Trinajstić information content (AvgIpc) is 2.49. The van der Waals surface area contributed by atoms with E-state index in [0.29, 0.717) is 10.6 Å². The molecule has 3 rings (SSSR count). The molecule has 2 aromatic rings. The van der Waals surface area contributed by atoms with Crippen molar-refractivity contribution in [3.63, 3.8) is 0 Å². The molecule has 0 atom stereocenters. The van der Waals surface area contributed by atoms with Gasteiger partial charge in [0.05, 0.1) is 10.6 Å². The summed E-state index contributed by atoms with van der Waals surface area (Å²) in [5, 5.41) is 3.26. The second-order valence-electron chi connectivity index (χ2n) is 5.28. The zero-order chi connectivity index (χ0) is 14.9. The first-order chi connectivity index (χ1) is 10.1. The molecule has 1 aliphatic rings. The van der Waals surface area contributed by atoms with E-state index in [1.165, 1.54) is 5.56 Å². The molecule has 2 N–H and O–H groups in total. The second kappa shape index (κ2) is 5.50. The Morgan fingerprint density at radius 2 is 1.90 bits per heavy atom. The van der Waals surface area contributed by atoms with E-state index in [1.807, 2.05) is 31.2 Å².